The van der Waals surface area contributed by atoms with Crippen molar-refractivity contribution in [1.82, 2.24) is 14.9 Å². The lowest BCUT2D eigenvalue weighted by atomic mass is 9.49. The van der Waals surface area contributed by atoms with E-state index in [1.165, 1.54) is 48.9 Å². The molecule has 29 heavy (non-hydrogen) atoms. The minimum atomic E-state index is 0.180. The number of piperidine rings is 1. The number of aromatic nitrogens is 2. The Morgan fingerprint density at radius 2 is 1.76 bits per heavy atom. The van der Waals surface area contributed by atoms with Gasteiger partial charge in [0.2, 0.25) is 5.91 Å². The Morgan fingerprint density at radius 3 is 2.52 bits per heavy atom. The maximum Gasteiger partial charge on any atom is 0.227 e. The first-order chi connectivity index (χ1) is 14.0. The van der Waals surface area contributed by atoms with Gasteiger partial charge in [0.1, 0.15) is 6.33 Å². The van der Waals surface area contributed by atoms with E-state index in [2.05, 4.69) is 40.9 Å². The summed E-state index contributed by atoms with van der Waals surface area (Å²) >= 11 is 0. The normalized spacial score (nSPS) is 41.2. The zero-order chi connectivity index (χ0) is 19.8. The number of hydrogen-bond donors (Lipinski definition) is 0. The van der Waals surface area contributed by atoms with E-state index >= 15 is 0 Å². The van der Waals surface area contributed by atoms with E-state index in [1.807, 2.05) is 12.4 Å². The zero-order valence-corrected chi connectivity index (χ0v) is 17.6. The van der Waals surface area contributed by atoms with Crippen LogP contribution in [-0.2, 0) is 4.79 Å². The number of carbonyl (C=O) groups excluding carboxylic acids is 1. The standard InChI is InChI=1S/C25H31N3O/c1-24-11-9-21-18(20(24)7-6-19(24)16-13-26-15-27-14-16)5-8-22-25(21,2)12-10-23(29)28(22)17-3-4-17/h6,8,13-15,17-18,20-21H,3-5,7,9-12H2,1-2H3/t18-,20-,21-,24+,25+/m0/s1. The predicted molar refractivity (Wildman–Crippen MR) is 112 cm³/mol. The van der Waals surface area contributed by atoms with Gasteiger partial charge in [-0.3, -0.25) is 4.79 Å². The Hall–Kier alpha value is -1.97. The van der Waals surface area contributed by atoms with Crippen LogP contribution >= 0.6 is 0 Å². The van der Waals surface area contributed by atoms with Crippen LogP contribution in [0.2, 0.25) is 0 Å². The third-order valence-electron chi connectivity index (χ3n) is 9.17. The fraction of sp³-hybridized carbons (Fsp3) is 0.640. The molecule has 152 valence electrons. The van der Waals surface area contributed by atoms with Crippen molar-refractivity contribution in [3.05, 3.63) is 42.1 Å². The van der Waals surface area contributed by atoms with E-state index in [4.69, 9.17) is 0 Å². The number of carbonyl (C=O) groups is 1. The summed E-state index contributed by atoms with van der Waals surface area (Å²) in [6.45, 7) is 4.97. The highest BCUT2D eigenvalue weighted by Crippen LogP contribution is 2.66. The van der Waals surface area contributed by atoms with Crippen LogP contribution < -0.4 is 0 Å². The molecule has 0 N–H and O–H groups in total. The molecule has 0 radical (unpaired) electrons. The minimum Gasteiger partial charge on any atom is -0.313 e. The quantitative estimate of drug-likeness (QED) is 0.716. The monoisotopic (exact) mass is 389 g/mol. The van der Waals surface area contributed by atoms with Gasteiger partial charge in [-0.15, -0.1) is 0 Å². The van der Waals surface area contributed by atoms with Gasteiger partial charge >= 0.3 is 0 Å². The molecule has 5 atom stereocenters. The highest BCUT2D eigenvalue weighted by molar-refractivity contribution is 5.81. The summed E-state index contributed by atoms with van der Waals surface area (Å²) in [7, 11) is 0. The number of fused-ring (bicyclic) bond motifs is 5. The summed E-state index contributed by atoms with van der Waals surface area (Å²) < 4.78 is 0. The Morgan fingerprint density at radius 1 is 0.966 bits per heavy atom. The third-order valence-corrected chi connectivity index (χ3v) is 9.17. The van der Waals surface area contributed by atoms with Crippen molar-refractivity contribution in [1.29, 1.82) is 0 Å². The summed E-state index contributed by atoms with van der Waals surface area (Å²) in [4.78, 5) is 23.5. The van der Waals surface area contributed by atoms with E-state index < -0.39 is 0 Å². The lowest BCUT2D eigenvalue weighted by Crippen LogP contribution is -2.54. The average molecular weight is 390 g/mol. The number of rotatable bonds is 2. The van der Waals surface area contributed by atoms with Gasteiger partial charge in [-0.25, -0.2) is 9.97 Å². The summed E-state index contributed by atoms with van der Waals surface area (Å²) in [5.74, 6) is 2.49. The second-order valence-electron chi connectivity index (χ2n) is 10.6. The molecule has 2 saturated carbocycles. The Labute approximate surface area is 173 Å². The molecule has 6 rings (SSSR count). The topological polar surface area (TPSA) is 46.1 Å². The van der Waals surface area contributed by atoms with Crippen LogP contribution in [-0.4, -0.2) is 26.8 Å². The van der Waals surface area contributed by atoms with E-state index in [9.17, 15) is 4.79 Å². The van der Waals surface area contributed by atoms with Crippen molar-refractivity contribution >= 4 is 11.5 Å². The van der Waals surface area contributed by atoms with Gasteiger partial charge in [0, 0.05) is 41.5 Å². The predicted octanol–water partition coefficient (Wildman–Crippen LogP) is 4.99. The van der Waals surface area contributed by atoms with Crippen LogP contribution in [0.15, 0.2) is 36.6 Å². The zero-order valence-electron chi connectivity index (χ0n) is 17.6. The van der Waals surface area contributed by atoms with Crippen molar-refractivity contribution in [3.8, 4) is 0 Å². The molecule has 1 saturated heterocycles. The second kappa shape index (κ2) is 6.02. The SMILES string of the molecule is C[C@]12CCC(=O)N(C3CC3)C1=CC[C@@H]1[C@@H]2CC[C@]2(C)C(c3cncnc3)=CC[C@@H]12. The maximum absolute atomic E-state index is 12.7. The number of hydrogen-bond acceptors (Lipinski definition) is 3. The van der Waals surface area contributed by atoms with E-state index in [-0.39, 0.29) is 10.8 Å². The van der Waals surface area contributed by atoms with Gasteiger partial charge in [0.15, 0.2) is 0 Å². The molecule has 5 aliphatic rings. The third kappa shape index (κ3) is 2.41. The number of amides is 1. The van der Waals surface area contributed by atoms with E-state index in [0.717, 1.165) is 25.2 Å². The van der Waals surface area contributed by atoms with Crippen LogP contribution in [0, 0.1) is 28.6 Å². The van der Waals surface area contributed by atoms with Gasteiger partial charge in [0.25, 0.3) is 0 Å². The van der Waals surface area contributed by atoms with Gasteiger partial charge in [-0.1, -0.05) is 26.0 Å². The van der Waals surface area contributed by atoms with Gasteiger partial charge < -0.3 is 4.90 Å². The summed E-state index contributed by atoms with van der Waals surface area (Å²) in [5, 5.41) is 0. The average Bonchev–Trinajstić information content (AvgIpc) is 3.49. The first-order valence-electron chi connectivity index (χ1n) is 11.5. The fourth-order valence-corrected chi connectivity index (χ4v) is 7.57. The fourth-order valence-electron chi connectivity index (χ4n) is 7.57. The molecule has 3 fully saturated rings. The number of allylic oxidation sites excluding steroid dienone is 4. The highest BCUT2D eigenvalue weighted by atomic mass is 16.2. The second-order valence-corrected chi connectivity index (χ2v) is 10.6. The Kier molecular flexibility index (Phi) is 3.71. The summed E-state index contributed by atoms with van der Waals surface area (Å²) in [6.07, 6.45) is 19.5. The molecular weight excluding hydrogens is 358 g/mol. The van der Waals surface area contributed by atoms with Crippen LogP contribution in [0.1, 0.15) is 70.8 Å². The first kappa shape index (κ1) is 17.9. The molecule has 0 spiro atoms. The minimum absolute atomic E-state index is 0.180. The Bertz CT molecular complexity index is 917. The van der Waals surface area contributed by atoms with Crippen molar-refractivity contribution < 1.29 is 4.79 Å². The molecule has 0 aromatic carbocycles. The molecule has 1 aliphatic heterocycles. The maximum atomic E-state index is 12.7. The van der Waals surface area contributed by atoms with Crippen molar-refractivity contribution in [3.63, 3.8) is 0 Å². The molecule has 1 aromatic rings. The highest BCUT2D eigenvalue weighted by Gasteiger charge is 2.59. The number of likely N-dealkylation sites (tertiary alicyclic amines) is 1. The molecule has 4 nitrogen and oxygen atoms in total. The summed E-state index contributed by atoms with van der Waals surface area (Å²) in [5.41, 5.74) is 4.48. The molecular formula is C25H31N3O. The van der Waals surface area contributed by atoms with Gasteiger partial charge in [-0.05, 0) is 73.7 Å². The molecule has 0 bridgehead atoms. The van der Waals surface area contributed by atoms with Crippen molar-refractivity contribution in [2.24, 2.45) is 28.6 Å². The van der Waals surface area contributed by atoms with Crippen LogP contribution in [0.25, 0.3) is 5.57 Å². The number of nitrogens with zero attached hydrogens (tertiary/aromatic N) is 3. The summed E-state index contributed by atoms with van der Waals surface area (Å²) in [6, 6.07) is 0.497. The van der Waals surface area contributed by atoms with Gasteiger partial charge in [0.05, 0.1) is 0 Å². The molecule has 2 heterocycles. The lowest BCUT2D eigenvalue weighted by molar-refractivity contribution is -0.137. The van der Waals surface area contributed by atoms with Crippen molar-refractivity contribution in [2.75, 3.05) is 0 Å². The van der Waals surface area contributed by atoms with Crippen LogP contribution in [0.4, 0.5) is 0 Å². The lowest BCUT2D eigenvalue weighted by Gasteiger charge is -2.58. The van der Waals surface area contributed by atoms with Gasteiger partial charge in [-0.2, -0.15) is 0 Å². The molecule has 1 amide bonds. The van der Waals surface area contributed by atoms with Crippen LogP contribution in [0.5, 0.6) is 0 Å². The molecule has 4 heteroatoms. The Balaban J connectivity index is 1.35. The van der Waals surface area contributed by atoms with Crippen molar-refractivity contribution in [2.45, 2.75) is 71.3 Å². The van der Waals surface area contributed by atoms with E-state index in [0.29, 0.717) is 23.8 Å². The molecule has 4 aliphatic carbocycles. The van der Waals surface area contributed by atoms with Crippen LogP contribution in [0.3, 0.4) is 0 Å². The molecule has 0 unspecified atom stereocenters. The largest absolute Gasteiger partial charge is 0.313 e. The smallest absolute Gasteiger partial charge is 0.227 e. The molecule has 1 aromatic heterocycles. The first-order valence-corrected chi connectivity index (χ1v) is 11.5. The van der Waals surface area contributed by atoms with E-state index in [1.54, 1.807) is 6.33 Å².